The number of aliphatic carboxylic acids is 1. The van der Waals surface area contributed by atoms with Gasteiger partial charge in [-0.25, -0.2) is 18.4 Å². The number of urea groups is 1. The molecule has 0 aromatic heterocycles. The summed E-state index contributed by atoms with van der Waals surface area (Å²) in [4.78, 5) is 24.5. The van der Waals surface area contributed by atoms with Crippen LogP contribution in [0.1, 0.15) is 13.3 Å². The number of sulfonamides is 1. The van der Waals surface area contributed by atoms with Crippen molar-refractivity contribution in [2.75, 3.05) is 32.1 Å². The van der Waals surface area contributed by atoms with E-state index in [1.54, 1.807) is 6.92 Å². The third kappa shape index (κ3) is 5.48. The minimum absolute atomic E-state index is 0.0786. The largest absolute Gasteiger partial charge is 0.481 e. The van der Waals surface area contributed by atoms with E-state index in [1.807, 2.05) is 0 Å². The summed E-state index contributed by atoms with van der Waals surface area (Å²) in [6.07, 6.45) is 0.200. The van der Waals surface area contributed by atoms with Gasteiger partial charge in [0.05, 0.1) is 25.0 Å². The predicted molar refractivity (Wildman–Crippen MR) is 74.1 cm³/mol. The molecule has 1 fully saturated rings. The van der Waals surface area contributed by atoms with Gasteiger partial charge in [-0.15, -0.1) is 0 Å². The number of carbonyl (C=O) groups is 2. The van der Waals surface area contributed by atoms with Crippen molar-refractivity contribution in [3.8, 4) is 0 Å². The smallest absolute Gasteiger partial charge is 0.317 e. The van der Waals surface area contributed by atoms with E-state index in [4.69, 9.17) is 15.0 Å². The number of carboxylic acids is 1. The topological polar surface area (TPSA) is 139 Å². The van der Waals surface area contributed by atoms with E-state index in [-0.39, 0.29) is 31.9 Å². The maximum Gasteiger partial charge on any atom is 0.317 e. The molecule has 10 heteroatoms. The minimum Gasteiger partial charge on any atom is -0.481 e. The Morgan fingerprint density at radius 3 is 2.62 bits per heavy atom. The molecule has 0 bridgehead atoms. The van der Waals surface area contributed by atoms with Crippen molar-refractivity contribution in [3.05, 3.63) is 0 Å². The quantitative estimate of drug-likeness (QED) is 0.503. The number of carboxylic acid groups (broad SMARTS) is 1. The Hall–Kier alpha value is -1.39. The lowest BCUT2D eigenvalue weighted by Crippen LogP contribution is -2.50. The molecule has 0 aliphatic carbocycles. The molecule has 2 amide bonds. The van der Waals surface area contributed by atoms with Crippen LogP contribution in [0.3, 0.4) is 0 Å². The lowest BCUT2D eigenvalue weighted by Gasteiger charge is -2.29. The number of nitrogens with two attached hydrogens (primary N) is 1. The lowest BCUT2D eigenvalue weighted by atomic mass is 10.0. The van der Waals surface area contributed by atoms with Crippen LogP contribution in [0.25, 0.3) is 0 Å². The Kier molecular flexibility index (Phi) is 6.37. The number of likely N-dealkylation sites (N-methyl/N-ethyl adjacent to an activating group) is 1. The lowest BCUT2D eigenvalue weighted by molar-refractivity contribution is -0.142. The average Bonchev–Trinajstić information content (AvgIpc) is 2.84. The first kappa shape index (κ1) is 17.7. The molecule has 0 saturated carbocycles. The van der Waals surface area contributed by atoms with Gasteiger partial charge >= 0.3 is 12.0 Å². The zero-order chi connectivity index (χ0) is 16.0. The highest BCUT2D eigenvalue weighted by molar-refractivity contribution is 7.89. The highest BCUT2D eigenvalue weighted by atomic mass is 32.2. The predicted octanol–water partition coefficient (Wildman–Crippen LogP) is -1.20. The summed E-state index contributed by atoms with van der Waals surface area (Å²) in [7, 11) is -3.55. The first-order chi connectivity index (χ1) is 9.76. The van der Waals surface area contributed by atoms with Crippen LogP contribution in [0.2, 0.25) is 0 Å². The maximum atomic E-state index is 12.0. The van der Waals surface area contributed by atoms with Gasteiger partial charge in [-0.1, -0.05) is 0 Å². The van der Waals surface area contributed by atoms with E-state index in [1.165, 1.54) is 4.90 Å². The number of ether oxygens (including phenoxy) is 1. The second-order valence-electron chi connectivity index (χ2n) is 4.79. The van der Waals surface area contributed by atoms with Crippen molar-refractivity contribution >= 4 is 22.0 Å². The minimum atomic E-state index is -3.55. The van der Waals surface area contributed by atoms with Crippen molar-refractivity contribution in [2.45, 2.75) is 19.4 Å². The molecule has 1 saturated heterocycles. The third-order valence-electron chi connectivity index (χ3n) is 3.25. The zero-order valence-electron chi connectivity index (χ0n) is 11.8. The molecule has 122 valence electrons. The summed E-state index contributed by atoms with van der Waals surface area (Å²) < 4.78 is 26.7. The fourth-order valence-electron chi connectivity index (χ4n) is 2.18. The first-order valence-electron chi connectivity index (χ1n) is 6.61. The molecule has 9 nitrogen and oxygen atoms in total. The van der Waals surface area contributed by atoms with Gasteiger partial charge < -0.3 is 20.1 Å². The zero-order valence-corrected chi connectivity index (χ0v) is 12.6. The van der Waals surface area contributed by atoms with Crippen molar-refractivity contribution in [1.29, 1.82) is 0 Å². The summed E-state index contributed by atoms with van der Waals surface area (Å²) in [5.41, 5.74) is 0. The van der Waals surface area contributed by atoms with E-state index >= 15 is 0 Å². The van der Waals surface area contributed by atoms with Crippen LogP contribution >= 0.6 is 0 Å². The van der Waals surface area contributed by atoms with Crippen LogP contribution in [-0.4, -0.2) is 68.5 Å². The van der Waals surface area contributed by atoms with Crippen LogP contribution in [-0.2, 0) is 19.6 Å². The molecule has 21 heavy (non-hydrogen) atoms. The Bertz CT molecular complexity index is 480. The van der Waals surface area contributed by atoms with Crippen LogP contribution in [0.15, 0.2) is 0 Å². The van der Waals surface area contributed by atoms with E-state index in [9.17, 15) is 18.0 Å². The molecule has 1 aliphatic heterocycles. The highest BCUT2D eigenvalue weighted by Gasteiger charge is 2.39. The van der Waals surface area contributed by atoms with Crippen LogP contribution in [0.4, 0.5) is 4.79 Å². The van der Waals surface area contributed by atoms with Crippen LogP contribution in [0, 0.1) is 5.92 Å². The van der Waals surface area contributed by atoms with Crippen molar-refractivity contribution in [3.63, 3.8) is 0 Å². The Balaban J connectivity index is 2.51. The number of nitrogens with zero attached hydrogens (tertiary/aromatic N) is 1. The number of carbonyl (C=O) groups excluding carboxylic acids is 1. The van der Waals surface area contributed by atoms with E-state index in [2.05, 4.69) is 5.32 Å². The molecule has 4 N–H and O–H groups in total. The number of amides is 2. The number of primary sulfonamides is 1. The summed E-state index contributed by atoms with van der Waals surface area (Å²) in [6, 6.07) is -0.959. The number of hydrogen-bond acceptors (Lipinski definition) is 5. The molecule has 0 radical (unpaired) electrons. The molecule has 1 aliphatic rings. The molecule has 2 unspecified atom stereocenters. The Morgan fingerprint density at radius 2 is 2.10 bits per heavy atom. The molecule has 0 aromatic carbocycles. The monoisotopic (exact) mass is 323 g/mol. The fraction of sp³-hybridized carbons (Fsp3) is 0.818. The molecule has 1 rings (SSSR count). The summed E-state index contributed by atoms with van der Waals surface area (Å²) in [5.74, 6) is -1.97. The van der Waals surface area contributed by atoms with Crippen LogP contribution < -0.4 is 10.5 Å². The summed E-state index contributed by atoms with van der Waals surface area (Å²) >= 11 is 0. The summed E-state index contributed by atoms with van der Waals surface area (Å²) in [5, 5.41) is 16.5. The molecular weight excluding hydrogens is 302 g/mol. The fourth-order valence-corrected chi connectivity index (χ4v) is 2.73. The van der Waals surface area contributed by atoms with Crippen molar-refractivity contribution < 1.29 is 27.9 Å². The molecule has 1 heterocycles. The van der Waals surface area contributed by atoms with E-state index in [0.717, 1.165) is 0 Å². The number of rotatable bonds is 7. The van der Waals surface area contributed by atoms with Gasteiger partial charge in [-0.05, 0) is 13.3 Å². The van der Waals surface area contributed by atoms with Gasteiger partial charge in [-0.3, -0.25) is 4.79 Å². The second kappa shape index (κ2) is 7.57. The molecular formula is C11H21N3O6S. The van der Waals surface area contributed by atoms with Crippen molar-refractivity contribution in [2.24, 2.45) is 11.1 Å². The molecule has 2 atom stereocenters. The van der Waals surface area contributed by atoms with Gasteiger partial charge in [-0.2, -0.15) is 0 Å². The molecule has 0 aromatic rings. The second-order valence-corrected chi connectivity index (χ2v) is 6.52. The van der Waals surface area contributed by atoms with Gasteiger partial charge in [0.2, 0.25) is 10.0 Å². The van der Waals surface area contributed by atoms with Gasteiger partial charge in [0.15, 0.2) is 0 Å². The molecule has 0 spiro atoms. The van der Waals surface area contributed by atoms with Gasteiger partial charge in [0.1, 0.15) is 5.92 Å². The maximum absolute atomic E-state index is 12.0. The van der Waals surface area contributed by atoms with E-state index in [0.29, 0.717) is 6.54 Å². The number of nitrogens with one attached hydrogen (secondary N) is 1. The highest BCUT2D eigenvalue weighted by Crippen LogP contribution is 2.20. The van der Waals surface area contributed by atoms with Crippen molar-refractivity contribution in [1.82, 2.24) is 10.2 Å². The van der Waals surface area contributed by atoms with Gasteiger partial charge in [0, 0.05) is 13.1 Å². The Morgan fingerprint density at radius 1 is 1.43 bits per heavy atom. The normalized spacial score (nSPS) is 22.0. The number of hydrogen-bond donors (Lipinski definition) is 3. The summed E-state index contributed by atoms with van der Waals surface area (Å²) in [6.45, 7) is 2.47. The van der Waals surface area contributed by atoms with Gasteiger partial charge in [0.25, 0.3) is 0 Å². The average molecular weight is 323 g/mol. The van der Waals surface area contributed by atoms with Crippen LogP contribution in [0.5, 0.6) is 0 Å². The SMILES string of the molecule is CCN(C(=O)NCCCS(N)(=O)=O)C1COCC1C(=O)O. The third-order valence-corrected chi connectivity index (χ3v) is 4.11. The standard InChI is InChI=1S/C11H21N3O6S/c1-2-14(9-7-20-6-8(9)10(15)16)11(17)13-4-3-5-21(12,18)19/h8-9H,2-7H2,1H3,(H,13,17)(H,15,16)(H2,12,18,19). The Labute approximate surface area is 123 Å². The first-order valence-corrected chi connectivity index (χ1v) is 8.33. The van der Waals surface area contributed by atoms with E-state index < -0.39 is 34.0 Å².